The van der Waals surface area contributed by atoms with Gasteiger partial charge in [-0.15, -0.1) is 0 Å². The van der Waals surface area contributed by atoms with Crippen molar-refractivity contribution in [3.63, 3.8) is 0 Å². The van der Waals surface area contributed by atoms with Crippen molar-refractivity contribution in [2.24, 2.45) is 0 Å². The number of pyridine rings is 1. The number of hydrogen-bond donors (Lipinski definition) is 1. The lowest BCUT2D eigenvalue weighted by Gasteiger charge is -2.26. The van der Waals surface area contributed by atoms with Gasteiger partial charge in [-0.1, -0.05) is 0 Å². The molecule has 1 aromatic rings. The first-order valence-corrected chi connectivity index (χ1v) is 6.02. The van der Waals surface area contributed by atoms with Crippen LogP contribution in [0.15, 0.2) is 6.07 Å². The summed E-state index contributed by atoms with van der Waals surface area (Å²) in [5.74, 6) is -1.65. The number of likely N-dealkylation sites (tertiary alicyclic amines) is 1. The minimum Gasteiger partial charge on any atom is -0.381 e. The van der Waals surface area contributed by atoms with Crippen LogP contribution in [-0.2, 0) is 0 Å². The highest BCUT2D eigenvalue weighted by atomic mass is 19.1. The molecule has 1 fully saturated rings. The van der Waals surface area contributed by atoms with Gasteiger partial charge in [0.1, 0.15) is 0 Å². The molecule has 1 aliphatic heterocycles. The predicted octanol–water partition coefficient (Wildman–Crippen LogP) is 1.47. The van der Waals surface area contributed by atoms with Crippen molar-refractivity contribution in [1.82, 2.24) is 9.88 Å². The first kappa shape index (κ1) is 13.0. The van der Waals surface area contributed by atoms with Crippen LogP contribution in [0.25, 0.3) is 0 Å². The number of hydrogen-bond acceptors (Lipinski definition) is 4. The molecule has 0 aliphatic carbocycles. The zero-order chi connectivity index (χ0) is 13.3. The number of rotatable bonds is 3. The third-order valence-corrected chi connectivity index (χ3v) is 3.46. The van der Waals surface area contributed by atoms with E-state index in [-0.39, 0.29) is 11.6 Å². The van der Waals surface area contributed by atoms with Crippen LogP contribution in [0.2, 0.25) is 0 Å². The van der Waals surface area contributed by atoms with Gasteiger partial charge < -0.3 is 15.5 Å². The molecule has 0 bridgehead atoms. The van der Waals surface area contributed by atoms with E-state index >= 15 is 0 Å². The maximum Gasteiger partial charge on any atom is 0.168 e. The highest BCUT2D eigenvalue weighted by Gasteiger charge is 2.24. The molecule has 2 rings (SSSR count). The quantitative estimate of drug-likeness (QED) is 0.889. The van der Waals surface area contributed by atoms with Crippen molar-refractivity contribution in [3.05, 3.63) is 17.7 Å². The lowest BCUT2D eigenvalue weighted by Crippen LogP contribution is -2.37. The number of nitrogens with zero attached hydrogens (tertiary/aromatic N) is 3. The van der Waals surface area contributed by atoms with Gasteiger partial charge in [0.15, 0.2) is 23.3 Å². The van der Waals surface area contributed by atoms with Crippen molar-refractivity contribution in [2.75, 3.05) is 37.8 Å². The van der Waals surface area contributed by atoms with Crippen LogP contribution in [0.1, 0.15) is 12.8 Å². The van der Waals surface area contributed by atoms with Gasteiger partial charge in [0.2, 0.25) is 0 Å². The van der Waals surface area contributed by atoms with Gasteiger partial charge in [-0.05, 0) is 26.4 Å². The number of likely N-dealkylation sites (N-methyl/N-ethyl adjacent to an activating group) is 2. The average molecular weight is 256 g/mol. The molecule has 0 amide bonds. The smallest absolute Gasteiger partial charge is 0.168 e. The van der Waals surface area contributed by atoms with E-state index in [1.54, 1.807) is 11.9 Å². The molecule has 1 saturated heterocycles. The Labute approximate surface area is 105 Å². The Hall–Kier alpha value is -1.43. The largest absolute Gasteiger partial charge is 0.381 e. The Kier molecular flexibility index (Phi) is 3.65. The Morgan fingerprint density at radius 2 is 2.22 bits per heavy atom. The fraction of sp³-hybridized carbons (Fsp3) is 0.583. The fourth-order valence-corrected chi connectivity index (χ4v) is 2.35. The molecular weight excluding hydrogens is 238 g/mol. The average Bonchev–Trinajstić information content (AvgIpc) is 2.69. The molecule has 4 nitrogen and oxygen atoms in total. The van der Waals surface area contributed by atoms with E-state index in [1.165, 1.54) is 0 Å². The number of nitrogens with two attached hydrogens (primary N) is 1. The molecular formula is C12H18F2N4. The zero-order valence-corrected chi connectivity index (χ0v) is 10.7. The first-order chi connectivity index (χ1) is 8.49. The normalized spacial score (nSPS) is 20.3. The molecule has 100 valence electrons. The van der Waals surface area contributed by atoms with Crippen molar-refractivity contribution in [2.45, 2.75) is 18.9 Å². The van der Waals surface area contributed by atoms with Crippen molar-refractivity contribution in [3.8, 4) is 0 Å². The van der Waals surface area contributed by atoms with Crippen LogP contribution >= 0.6 is 0 Å². The second-order valence-electron chi connectivity index (χ2n) is 4.82. The molecule has 6 heteroatoms. The summed E-state index contributed by atoms with van der Waals surface area (Å²) < 4.78 is 26.7. The van der Waals surface area contributed by atoms with Gasteiger partial charge in [0, 0.05) is 25.7 Å². The van der Waals surface area contributed by atoms with E-state index < -0.39 is 11.6 Å². The van der Waals surface area contributed by atoms with Crippen LogP contribution < -0.4 is 10.6 Å². The van der Waals surface area contributed by atoms with Crippen LogP contribution in [0.3, 0.4) is 0 Å². The highest BCUT2D eigenvalue weighted by molar-refractivity contribution is 5.46. The van der Waals surface area contributed by atoms with Crippen LogP contribution in [0, 0.1) is 11.6 Å². The van der Waals surface area contributed by atoms with E-state index in [0.717, 1.165) is 25.5 Å². The van der Waals surface area contributed by atoms with Gasteiger partial charge in [0.25, 0.3) is 0 Å². The number of halogens is 2. The third kappa shape index (κ3) is 2.53. The maximum atomic E-state index is 13.6. The second kappa shape index (κ2) is 5.06. The van der Waals surface area contributed by atoms with E-state index in [4.69, 9.17) is 5.73 Å². The Balaban J connectivity index is 2.13. The molecule has 18 heavy (non-hydrogen) atoms. The van der Waals surface area contributed by atoms with Crippen molar-refractivity contribution >= 4 is 11.6 Å². The summed E-state index contributed by atoms with van der Waals surface area (Å²) in [7, 11) is 3.79. The monoisotopic (exact) mass is 256 g/mol. The van der Waals surface area contributed by atoms with Gasteiger partial charge in [0.05, 0.1) is 0 Å². The molecule has 0 spiro atoms. The lowest BCUT2D eigenvalue weighted by molar-refractivity contribution is 0.313. The van der Waals surface area contributed by atoms with Crippen molar-refractivity contribution < 1.29 is 8.78 Å². The summed E-state index contributed by atoms with van der Waals surface area (Å²) in [6, 6.07) is 1.16. The summed E-state index contributed by atoms with van der Waals surface area (Å²) in [6.45, 7) is 1.71. The Bertz CT molecular complexity index is 438. The minimum atomic E-state index is -0.817. The summed E-state index contributed by atoms with van der Waals surface area (Å²) >= 11 is 0. The summed E-state index contributed by atoms with van der Waals surface area (Å²) in [4.78, 5) is 7.70. The maximum absolute atomic E-state index is 13.6. The van der Waals surface area contributed by atoms with E-state index in [2.05, 4.69) is 9.88 Å². The summed E-state index contributed by atoms with van der Waals surface area (Å²) in [6.07, 6.45) is 2.23. The molecule has 1 unspecified atom stereocenters. The standard InChI is InChI=1S/C12H18F2N4/c1-17-5-3-4-8(17)7-18(2)12-10(14)6-9(13)11(15)16-12/h6,8H,3-5,7H2,1-2H3,(H2,15,16). The van der Waals surface area contributed by atoms with Crippen LogP contribution in [0.4, 0.5) is 20.4 Å². The number of nitrogen functional groups attached to an aromatic ring is 1. The summed E-state index contributed by atoms with van der Waals surface area (Å²) in [5.41, 5.74) is 5.37. The third-order valence-electron chi connectivity index (χ3n) is 3.46. The molecule has 1 aliphatic rings. The van der Waals surface area contributed by atoms with E-state index in [0.29, 0.717) is 12.6 Å². The predicted molar refractivity (Wildman–Crippen MR) is 67.5 cm³/mol. The fourth-order valence-electron chi connectivity index (χ4n) is 2.35. The van der Waals surface area contributed by atoms with Gasteiger partial charge in [-0.25, -0.2) is 13.8 Å². The molecule has 1 aromatic heterocycles. The Morgan fingerprint density at radius 1 is 1.50 bits per heavy atom. The molecule has 0 aromatic carbocycles. The first-order valence-electron chi connectivity index (χ1n) is 6.02. The number of anilines is 2. The van der Waals surface area contributed by atoms with Crippen molar-refractivity contribution in [1.29, 1.82) is 0 Å². The lowest BCUT2D eigenvalue weighted by atomic mass is 10.2. The van der Waals surface area contributed by atoms with Crippen LogP contribution in [0.5, 0.6) is 0 Å². The second-order valence-corrected chi connectivity index (χ2v) is 4.82. The number of aromatic nitrogens is 1. The van der Waals surface area contributed by atoms with Gasteiger partial charge in [-0.2, -0.15) is 0 Å². The molecule has 0 saturated carbocycles. The van der Waals surface area contributed by atoms with E-state index in [9.17, 15) is 8.78 Å². The van der Waals surface area contributed by atoms with E-state index in [1.807, 2.05) is 7.05 Å². The topological polar surface area (TPSA) is 45.4 Å². The molecule has 2 N–H and O–H groups in total. The molecule has 1 atom stereocenters. The molecule has 2 heterocycles. The van der Waals surface area contributed by atoms with Gasteiger partial charge >= 0.3 is 0 Å². The summed E-state index contributed by atoms with van der Waals surface area (Å²) in [5, 5.41) is 0. The zero-order valence-electron chi connectivity index (χ0n) is 10.7. The SMILES string of the molecule is CN(CC1CCCN1C)c1nc(N)c(F)cc1F. The minimum absolute atomic E-state index is 0.106. The highest BCUT2D eigenvalue weighted by Crippen LogP contribution is 2.22. The van der Waals surface area contributed by atoms with Gasteiger partial charge in [-0.3, -0.25) is 0 Å². The molecule has 0 radical (unpaired) electrons. The van der Waals surface area contributed by atoms with Crippen LogP contribution in [-0.4, -0.2) is 43.1 Å². The Morgan fingerprint density at radius 3 is 2.83 bits per heavy atom.